The van der Waals surface area contributed by atoms with Crippen LogP contribution in [0.5, 0.6) is 0 Å². The molecule has 148 valence electrons. The van der Waals surface area contributed by atoms with Crippen molar-refractivity contribution in [3.05, 3.63) is 91.0 Å². The van der Waals surface area contributed by atoms with Gasteiger partial charge in [0.1, 0.15) is 0 Å². The summed E-state index contributed by atoms with van der Waals surface area (Å²) >= 11 is 7.54. The number of benzene rings is 2. The molecule has 0 saturated heterocycles. The fourth-order valence-electron chi connectivity index (χ4n) is 3.33. The van der Waals surface area contributed by atoms with Gasteiger partial charge in [0.25, 0.3) is 5.56 Å². The fourth-order valence-corrected chi connectivity index (χ4v) is 4.42. The zero-order valence-corrected chi connectivity index (χ0v) is 18.2. The highest BCUT2D eigenvalue weighted by atomic mass is 35.5. The first-order chi connectivity index (χ1) is 13.9. The smallest absolute Gasteiger partial charge is 0.266 e. The van der Waals surface area contributed by atoms with Gasteiger partial charge in [-0.25, -0.2) is 4.98 Å². The minimum Gasteiger partial charge on any atom is -0.266 e. The van der Waals surface area contributed by atoms with Crippen molar-refractivity contribution < 1.29 is 0 Å². The summed E-state index contributed by atoms with van der Waals surface area (Å²) in [6.45, 7) is 6.50. The van der Waals surface area contributed by atoms with E-state index in [1.54, 1.807) is 12.1 Å². The summed E-state index contributed by atoms with van der Waals surface area (Å²) in [7, 11) is 0. The Hall–Kier alpha value is -2.50. The van der Waals surface area contributed by atoms with Gasteiger partial charge in [0.15, 0.2) is 5.82 Å². The molecule has 4 aromatic rings. The molecule has 2 aromatic carbocycles. The van der Waals surface area contributed by atoms with Crippen LogP contribution >= 0.6 is 22.9 Å². The highest BCUT2D eigenvalue weighted by Gasteiger charge is 2.17. The zero-order valence-electron chi connectivity index (χ0n) is 16.6. The van der Waals surface area contributed by atoms with Crippen molar-refractivity contribution in [1.82, 2.24) is 14.6 Å². The zero-order chi connectivity index (χ0) is 20.5. The maximum Gasteiger partial charge on any atom is 0.291 e. The second-order valence-electron chi connectivity index (χ2n) is 7.66. The van der Waals surface area contributed by atoms with Gasteiger partial charge in [-0.3, -0.25) is 4.79 Å². The third-order valence-electron chi connectivity index (χ3n) is 4.90. The molecule has 0 aliphatic rings. The van der Waals surface area contributed by atoms with Crippen molar-refractivity contribution in [3.8, 4) is 0 Å². The third-order valence-corrected chi connectivity index (χ3v) is 6.20. The Bertz CT molecular complexity index is 1260. The van der Waals surface area contributed by atoms with Gasteiger partial charge < -0.3 is 0 Å². The highest BCUT2D eigenvalue weighted by Crippen LogP contribution is 2.23. The molecule has 0 fully saturated rings. The summed E-state index contributed by atoms with van der Waals surface area (Å²) in [5.74, 6) is 1.31. The van der Waals surface area contributed by atoms with Crippen LogP contribution in [0, 0.1) is 5.92 Å². The number of nitrogens with zero attached hydrogens (tertiary/aromatic N) is 3. The molecule has 0 N–H and O–H groups in total. The Morgan fingerprint density at radius 3 is 2.48 bits per heavy atom. The standard InChI is InChI=1S/C23H22ClN3OS/c1-14(2)12-16-8-10-17(11-9-16)15(3)21-25-23-27(26-21)22(28)20(29-23)13-18-6-4-5-7-19(18)24/h4-11,13-15H,12H2,1-3H3/b20-13-. The SMILES string of the molecule is CC(C)Cc1ccc(C(C)c2nc3s/c(=C\c4ccccc4Cl)c(=O)n3n2)cc1. The molecule has 0 bridgehead atoms. The van der Waals surface area contributed by atoms with Gasteiger partial charge in [-0.1, -0.05) is 86.2 Å². The second-order valence-corrected chi connectivity index (χ2v) is 9.08. The van der Waals surface area contributed by atoms with Crippen LogP contribution in [-0.4, -0.2) is 14.6 Å². The van der Waals surface area contributed by atoms with Crippen LogP contribution < -0.4 is 10.1 Å². The van der Waals surface area contributed by atoms with E-state index in [1.165, 1.54) is 21.4 Å². The van der Waals surface area contributed by atoms with Crippen LogP contribution in [0.25, 0.3) is 11.0 Å². The summed E-state index contributed by atoms with van der Waals surface area (Å²) in [6, 6.07) is 16.0. The van der Waals surface area contributed by atoms with Crippen LogP contribution in [0.2, 0.25) is 5.02 Å². The monoisotopic (exact) mass is 423 g/mol. The molecule has 4 nitrogen and oxygen atoms in total. The maximum absolute atomic E-state index is 12.8. The molecular weight excluding hydrogens is 402 g/mol. The quantitative estimate of drug-likeness (QED) is 0.467. The molecule has 0 aliphatic heterocycles. The van der Waals surface area contributed by atoms with E-state index in [0.29, 0.717) is 26.3 Å². The van der Waals surface area contributed by atoms with Gasteiger partial charge in [0.05, 0.1) is 4.53 Å². The Balaban J connectivity index is 1.65. The number of rotatable bonds is 5. The molecular formula is C23H22ClN3OS. The number of hydrogen-bond donors (Lipinski definition) is 0. The molecule has 1 atom stereocenters. The summed E-state index contributed by atoms with van der Waals surface area (Å²) in [4.78, 5) is 18.0. The lowest BCUT2D eigenvalue weighted by Gasteiger charge is -2.10. The molecule has 0 spiro atoms. The lowest BCUT2D eigenvalue weighted by atomic mass is 9.96. The predicted molar refractivity (Wildman–Crippen MR) is 120 cm³/mol. The van der Waals surface area contributed by atoms with Crippen molar-refractivity contribution in [1.29, 1.82) is 0 Å². The van der Waals surface area contributed by atoms with Crippen LogP contribution in [0.3, 0.4) is 0 Å². The summed E-state index contributed by atoms with van der Waals surface area (Å²) < 4.78 is 1.97. The maximum atomic E-state index is 12.8. The second kappa shape index (κ2) is 8.09. The van der Waals surface area contributed by atoms with E-state index >= 15 is 0 Å². The molecule has 0 saturated carbocycles. The molecule has 0 aliphatic carbocycles. The van der Waals surface area contributed by atoms with Gasteiger partial charge in [0.2, 0.25) is 4.96 Å². The Morgan fingerprint density at radius 1 is 1.10 bits per heavy atom. The van der Waals surface area contributed by atoms with Crippen molar-refractivity contribution in [3.63, 3.8) is 0 Å². The Kier molecular flexibility index (Phi) is 5.52. The number of halogens is 1. The molecule has 0 radical (unpaired) electrons. The normalized spacial score (nSPS) is 13.5. The average Bonchev–Trinajstić information content (AvgIpc) is 3.23. The third kappa shape index (κ3) is 4.11. The van der Waals surface area contributed by atoms with Crippen molar-refractivity contribution >= 4 is 34.0 Å². The summed E-state index contributed by atoms with van der Waals surface area (Å²) in [5, 5.41) is 5.11. The first kappa shape index (κ1) is 19.8. The molecule has 2 aromatic heterocycles. The number of fused-ring (bicyclic) bond motifs is 1. The van der Waals surface area contributed by atoms with E-state index in [0.717, 1.165) is 17.5 Å². The number of hydrogen-bond acceptors (Lipinski definition) is 4. The number of aromatic nitrogens is 3. The van der Waals surface area contributed by atoms with Gasteiger partial charge in [0, 0.05) is 10.9 Å². The molecule has 29 heavy (non-hydrogen) atoms. The van der Waals surface area contributed by atoms with Crippen LogP contribution in [0.15, 0.2) is 53.3 Å². The minimum absolute atomic E-state index is 0.0191. The van der Waals surface area contributed by atoms with E-state index in [1.807, 2.05) is 18.2 Å². The predicted octanol–water partition coefficient (Wildman–Crippen LogP) is 4.70. The van der Waals surface area contributed by atoms with E-state index < -0.39 is 0 Å². The minimum atomic E-state index is -0.164. The lowest BCUT2D eigenvalue weighted by Crippen LogP contribution is -2.24. The van der Waals surface area contributed by atoms with Crippen LogP contribution in [0.4, 0.5) is 0 Å². The van der Waals surface area contributed by atoms with Gasteiger partial charge in [-0.05, 0) is 41.2 Å². The lowest BCUT2D eigenvalue weighted by molar-refractivity contribution is 0.647. The molecule has 0 amide bonds. The fraction of sp³-hybridized carbons (Fsp3) is 0.261. The summed E-state index contributed by atoms with van der Waals surface area (Å²) in [5.41, 5.74) is 3.12. The average molecular weight is 424 g/mol. The highest BCUT2D eigenvalue weighted by molar-refractivity contribution is 7.15. The first-order valence-corrected chi connectivity index (χ1v) is 10.9. The molecule has 4 rings (SSSR count). The van der Waals surface area contributed by atoms with Crippen molar-refractivity contribution in [2.45, 2.75) is 33.1 Å². The van der Waals surface area contributed by atoms with Gasteiger partial charge in [-0.2, -0.15) is 4.52 Å². The van der Waals surface area contributed by atoms with Gasteiger partial charge in [-0.15, -0.1) is 5.10 Å². The van der Waals surface area contributed by atoms with E-state index in [4.69, 9.17) is 11.6 Å². The molecule has 6 heteroatoms. The van der Waals surface area contributed by atoms with Crippen LogP contribution in [-0.2, 0) is 6.42 Å². The molecule has 2 heterocycles. The summed E-state index contributed by atoms with van der Waals surface area (Å²) in [6.07, 6.45) is 2.86. The Labute approximate surface area is 178 Å². The van der Waals surface area contributed by atoms with E-state index in [9.17, 15) is 4.79 Å². The number of thiazole rings is 1. The van der Waals surface area contributed by atoms with Crippen molar-refractivity contribution in [2.24, 2.45) is 5.92 Å². The van der Waals surface area contributed by atoms with E-state index in [-0.39, 0.29) is 11.5 Å². The van der Waals surface area contributed by atoms with E-state index in [2.05, 4.69) is 55.1 Å². The van der Waals surface area contributed by atoms with Crippen LogP contribution in [0.1, 0.15) is 49.2 Å². The Morgan fingerprint density at radius 2 is 1.83 bits per heavy atom. The largest absolute Gasteiger partial charge is 0.291 e. The molecule has 1 unspecified atom stereocenters. The topological polar surface area (TPSA) is 47.3 Å². The first-order valence-electron chi connectivity index (χ1n) is 9.67. The van der Waals surface area contributed by atoms with Gasteiger partial charge >= 0.3 is 0 Å². The van der Waals surface area contributed by atoms with Crippen molar-refractivity contribution in [2.75, 3.05) is 0 Å².